The van der Waals surface area contributed by atoms with Crippen LogP contribution >= 0.6 is 0 Å². The van der Waals surface area contributed by atoms with E-state index in [0.717, 1.165) is 10.1 Å². The number of H-pyrrole nitrogens is 1. The van der Waals surface area contributed by atoms with Gasteiger partial charge in [0, 0.05) is 31.9 Å². The molecule has 8 nitrogen and oxygen atoms in total. The number of rotatable bonds is 7. The lowest BCUT2D eigenvalue weighted by Gasteiger charge is -2.25. The Kier molecular flexibility index (Phi) is 6.47. The highest BCUT2D eigenvalue weighted by molar-refractivity contribution is 5.76. The molecule has 0 atom stereocenters. The topological polar surface area (TPSA) is 102 Å². The number of amides is 1. The summed E-state index contributed by atoms with van der Waals surface area (Å²) in [5, 5.41) is 9.03. The molecule has 1 amide bonds. The summed E-state index contributed by atoms with van der Waals surface area (Å²) < 4.78 is 1.16. The lowest BCUT2D eigenvalue weighted by molar-refractivity contribution is -0.132. The number of nitriles is 1. The minimum Gasteiger partial charge on any atom is -0.336 e. The molecule has 0 radical (unpaired) electrons. The fraction of sp³-hybridized carbons (Fsp3) is 0.333. The van der Waals surface area contributed by atoms with E-state index in [4.69, 9.17) is 5.26 Å². The zero-order valence-electron chi connectivity index (χ0n) is 14.8. The lowest BCUT2D eigenvalue weighted by Crippen LogP contribution is -2.40. The van der Waals surface area contributed by atoms with Crippen LogP contribution in [0.1, 0.15) is 11.1 Å². The van der Waals surface area contributed by atoms with Gasteiger partial charge in [0.25, 0.3) is 5.56 Å². The van der Waals surface area contributed by atoms with Gasteiger partial charge in [-0.2, -0.15) is 5.26 Å². The Bertz CT molecular complexity index is 923. The van der Waals surface area contributed by atoms with Crippen molar-refractivity contribution < 1.29 is 4.79 Å². The summed E-state index contributed by atoms with van der Waals surface area (Å²) in [6, 6.07) is 10.4. The summed E-state index contributed by atoms with van der Waals surface area (Å²) in [6.45, 7) is 1.30. The molecule has 1 aromatic carbocycles. The molecule has 0 aliphatic carbocycles. The van der Waals surface area contributed by atoms with Crippen LogP contribution in [0.5, 0.6) is 0 Å². The minimum atomic E-state index is -0.620. The SMILES string of the molecule is CN(C)CCN(Cc1cccc(C#N)c1)C(=O)Cn1ccc(=O)[nH]c1=O. The summed E-state index contributed by atoms with van der Waals surface area (Å²) in [5.41, 5.74) is 0.241. The number of aromatic amines is 1. The van der Waals surface area contributed by atoms with Crippen LogP contribution in [-0.2, 0) is 17.9 Å². The molecule has 0 spiro atoms. The number of benzene rings is 1. The second-order valence-corrected chi connectivity index (χ2v) is 6.17. The van der Waals surface area contributed by atoms with Gasteiger partial charge in [0.15, 0.2) is 0 Å². The zero-order chi connectivity index (χ0) is 19.1. The predicted molar refractivity (Wildman–Crippen MR) is 96.5 cm³/mol. The van der Waals surface area contributed by atoms with Gasteiger partial charge in [-0.15, -0.1) is 0 Å². The van der Waals surface area contributed by atoms with Crippen molar-refractivity contribution in [2.24, 2.45) is 0 Å². The third-order valence-corrected chi connectivity index (χ3v) is 3.80. The summed E-state index contributed by atoms with van der Waals surface area (Å²) >= 11 is 0. The first-order chi connectivity index (χ1) is 12.4. The molecule has 0 saturated carbocycles. The standard InChI is InChI=1S/C18H21N5O3/c1-21(2)8-9-22(12-15-5-3-4-14(10-15)11-19)17(25)13-23-7-6-16(24)20-18(23)26/h3-7,10H,8-9,12-13H2,1-2H3,(H,20,24,26). The number of nitrogens with one attached hydrogen (secondary N) is 1. The molecular weight excluding hydrogens is 334 g/mol. The highest BCUT2D eigenvalue weighted by Gasteiger charge is 2.16. The molecule has 136 valence electrons. The first-order valence-corrected chi connectivity index (χ1v) is 8.10. The lowest BCUT2D eigenvalue weighted by atomic mass is 10.1. The van der Waals surface area contributed by atoms with Crippen LogP contribution in [0.2, 0.25) is 0 Å². The normalized spacial score (nSPS) is 10.5. The van der Waals surface area contributed by atoms with E-state index >= 15 is 0 Å². The molecule has 0 aliphatic heterocycles. The quantitative estimate of drug-likeness (QED) is 0.753. The van der Waals surface area contributed by atoms with Gasteiger partial charge in [-0.25, -0.2) is 4.79 Å². The summed E-state index contributed by atoms with van der Waals surface area (Å²) in [5.74, 6) is -0.247. The molecule has 0 saturated heterocycles. The van der Waals surface area contributed by atoms with E-state index in [0.29, 0.717) is 25.2 Å². The van der Waals surface area contributed by atoms with E-state index in [1.165, 1.54) is 12.3 Å². The number of aromatic nitrogens is 2. The van der Waals surface area contributed by atoms with E-state index in [1.54, 1.807) is 23.1 Å². The molecule has 0 bridgehead atoms. The Morgan fingerprint density at radius 2 is 2.00 bits per heavy atom. The zero-order valence-corrected chi connectivity index (χ0v) is 14.8. The van der Waals surface area contributed by atoms with E-state index in [9.17, 15) is 14.4 Å². The van der Waals surface area contributed by atoms with E-state index < -0.39 is 11.2 Å². The Labute approximate surface area is 150 Å². The van der Waals surface area contributed by atoms with Crippen molar-refractivity contribution in [3.63, 3.8) is 0 Å². The Balaban J connectivity index is 2.19. The van der Waals surface area contributed by atoms with Gasteiger partial charge in [-0.3, -0.25) is 19.1 Å². The number of likely N-dealkylation sites (N-methyl/N-ethyl adjacent to an activating group) is 1. The minimum absolute atomic E-state index is 0.166. The van der Waals surface area contributed by atoms with Crippen LogP contribution in [0.3, 0.4) is 0 Å². The highest BCUT2D eigenvalue weighted by Crippen LogP contribution is 2.09. The maximum Gasteiger partial charge on any atom is 0.328 e. The van der Waals surface area contributed by atoms with Gasteiger partial charge >= 0.3 is 5.69 Å². The van der Waals surface area contributed by atoms with Gasteiger partial charge in [0.2, 0.25) is 5.91 Å². The number of nitrogens with zero attached hydrogens (tertiary/aromatic N) is 4. The van der Waals surface area contributed by atoms with Gasteiger partial charge in [-0.05, 0) is 31.8 Å². The Morgan fingerprint density at radius 3 is 2.65 bits per heavy atom. The third kappa shape index (κ3) is 5.43. The van der Waals surface area contributed by atoms with Crippen LogP contribution in [0.4, 0.5) is 0 Å². The largest absolute Gasteiger partial charge is 0.336 e. The van der Waals surface area contributed by atoms with Crippen molar-refractivity contribution in [3.05, 3.63) is 68.5 Å². The summed E-state index contributed by atoms with van der Waals surface area (Å²) in [7, 11) is 3.82. The highest BCUT2D eigenvalue weighted by atomic mass is 16.2. The Morgan fingerprint density at radius 1 is 1.23 bits per heavy atom. The van der Waals surface area contributed by atoms with Crippen molar-refractivity contribution >= 4 is 5.91 Å². The molecule has 0 aliphatic rings. The monoisotopic (exact) mass is 355 g/mol. The molecular formula is C18H21N5O3. The maximum absolute atomic E-state index is 12.7. The van der Waals surface area contributed by atoms with Crippen molar-refractivity contribution in [1.29, 1.82) is 5.26 Å². The second kappa shape index (κ2) is 8.78. The van der Waals surface area contributed by atoms with Gasteiger partial charge in [0.05, 0.1) is 11.6 Å². The molecule has 1 heterocycles. The number of hydrogen-bond donors (Lipinski definition) is 1. The van der Waals surface area contributed by atoms with Crippen molar-refractivity contribution in [1.82, 2.24) is 19.4 Å². The van der Waals surface area contributed by atoms with Gasteiger partial charge in [-0.1, -0.05) is 12.1 Å². The average Bonchev–Trinajstić information content (AvgIpc) is 2.60. The first kappa shape index (κ1) is 19.1. The van der Waals surface area contributed by atoms with Crippen LogP contribution < -0.4 is 11.2 Å². The first-order valence-electron chi connectivity index (χ1n) is 8.10. The maximum atomic E-state index is 12.7. The van der Waals surface area contributed by atoms with Crippen LogP contribution in [-0.4, -0.2) is 52.4 Å². The molecule has 0 fully saturated rings. The Hall–Kier alpha value is -3.18. The van der Waals surface area contributed by atoms with Crippen LogP contribution in [0.25, 0.3) is 0 Å². The van der Waals surface area contributed by atoms with E-state index in [1.807, 2.05) is 25.1 Å². The summed E-state index contributed by atoms with van der Waals surface area (Å²) in [4.78, 5) is 41.4. The fourth-order valence-electron chi connectivity index (χ4n) is 2.39. The van der Waals surface area contributed by atoms with Crippen molar-refractivity contribution in [2.75, 3.05) is 27.2 Å². The van der Waals surface area contributed by atoms with Gasteiger partial charge in [0.1, 0.15) is 6.54 Å². The molecule has 1 N–H and O–H groups in total. The van der Waals surface area contributed by atoms with Crippen LogP contribution in [0.15, 0.2) is 46.1 Å². The van der Waals surface area contributed by atoms with Crippen LogP contribution in [0, 0.1) is 11.3 Å². The summed E-state index contributed by atoms with van der Waals surface area (Å²) in [6.07, 6.45) is 1.31. The molecule has 2 aromatic rings. The predicted octanol–water partition coefficient (Wildman–Crippen LogP) is -0.00132. The number of carbonyl (C=O) groups excluding carboxylic acids is 1. The van der Waals surface area contributed by atoms with E-state index in [2.05, 4.69) is 11.1 Å². The van der Waals surface area contributed by atoms with E-state index in [-0.39, 0.29) is 12.5 Å². The average molecular weight is 355 g/mol. The van der Waals surface area contributed by atoms with Crippen molar-refractivity contribution in [2.45, 2.75) is 13.1 Å². The third-order valence-electron chi connectivity index (χ3n) is 3.80. The number of hydrogen-bond acceptors (Lipinski definition) is 5. The molecule has 1 aromatic heterocycles. The molecule has 0 unspecified atom stereocenters. The van der Waals surface area contributed by atoms with Gasteiger partial charge < -0.3 is 9.80 Å². The smallest absolute Gasteiger partial charge is 0.328 e. The molecule has 26 heavy (non-hydrogen) atoms. The molecule has 8 heteroatoms. The number of carbonyl (C=O) groups is 1. The fourth-order valence-corrected chi connectivity index (χ4v) is 2.39. The second-order valence-electron chi connectivity index (χ2n) is 6.17. The molecule has 2 rings (SSSR count). The van der Waals surface area contributed by atoms with Crippen molar-refractivity contribution in [3.8, 4) is 6.07 Å².